The third-order valence-electron chi connectivity index (χ3n) is 3.55. The number of rotatable bonds is 7. The van der Waals surface area contributed by atoms with Crippen LogP contribution in [-0.2, 0) is 4.79 Å². The predicted molar refractivity (Wildman–Crippen MR) is 80.9 cm³/mol. The predicted octanol–water partition coefficient (Wildman–Crippen LogP) is 0.0462. The van der Waals surface area contributed by atoms with E-state index < -0.39 is 0 Å². The number of fused-ring (bicyclic) bond motifs is 1. The third kappa shape index (κ3) is 4.28. The maximum absolute atomic E-state index is 11.9. The van der Waals surface area contributed by atoms with E-state index in [2.05, 4.69) is 35.1 Å². The van der Waals surface area contributed by atoms with Crippen molar-refractivity contribution < 1.29 is 9.59 Å². The molecule has 20 heavy (non-hydrogen) atoms. The van der Waals surface area contributed by atoms with Crippen LogP contribution in [0.3, 0.4) is 0 Å². The molecule has 3 unspecified atom stereocenters. The summed E-state index contributed by atoms with van der Waals surface area (Å²) < 4.78 is 0. The summed E-state index contributed by atoms with van der Waals surface area (Å²) in [4.78, 5) is 23.1. The van der Waals surface area contributed by atoms with Crippen LogP contribution in [0.2, 0.25) is 0 Å². The van der Waals surface area contributed by atoms with Crippen molar-refractivity contribution in [2.75, 3.05) is 18.8 Å². The molecule has 2 aliphatic rings. The summed E-state index contributed by atoms with van der Waals surface area (Å²) in [5, 5.41) is 12.2. The zero-order valence-corrected chi connectivity index (χ0v) is 12.9. The molecule has 3 amide bonds. The number of thioether (sulfide) groups is 1. The summed E-state index contributed by atoms with van der Waals surface area (Å²) in [6.07, 6.45) is 1.41. The minimum absolute atomic E-state index is 0.0776. The first-order valence-corrected chi connectivity index (χ1v) is 8.30. The van der Waals surface area contributed by atoms with Gasteiger partial charge in [0.05, 0.1) is 12.1 Å². The molecule has 0 aromatic carbocycles. The SMILES string of the molecule is CC(C)NCCCNC(=O)CC1SCC2NC(=O)NC21. The number of urea groups is 1. The lowest BCUT2D eigenvalue weighted by Gasteiger charge is -2.16. The zero-order chi connectivity index (χ0) is 14.5. The van der Waals surface area contributed by atoms with Gasteiger partial charge in [0.1, 0.15) is 0 Å². The van der Waals surface area contributed by atoms with Crippen LogP contribution in [0, 0.1) is 0 Å². The summed E-state index contributed by atoms with van der Waals surface area (Å²) in [7, 11) is 0. The molecule has 4 N–H and O–H groups in total. The van der Waals surface area contributed by atoms with Gasteiger partial charge in [-0.2, -0.15) is 11.8 Å². The number of hydrogen-bond donors (Lipinski definition) is 4. The van der Waals surface area contributed by atoms with Crippen LogP contribution in [0.15, 0.2) is 0 Å². The molecule has 0 aliphatic carbocycles. The summed E-state index contributed by atoms with van der Waals surface area (Å²) in [5.74, 6) is 0.966. The summed E-state index contributed by atoms with van der Waals surface area (Å²) in [6, 6.07) is 0.655. The van der Waals surface area contributed by atoms with E-state index in [0.717, 1.165) is 18.7 Å². The number of amides is 3. The number of carbonyl (C=O) groups excluding carboxylic acids is 2. The highest BCUT2D eigenvalue weighted by Gasteiger charge is 2.43. The fourth-order valence-corrected chi connectivity index (χ4v) is 4.01. The quantitative estimate of drug-likeness (QED) is 0.395. The van der Waals surface area contributed by atoms with Crippen LogP contribution in [-0.4, -0.2) is 54.2 Å². The van der Waals surface area contributed by atoms with Crippen LogP contribution in [0.4, 0.5) is 4.79 Å². The zero-order valence-electron chi connectivity index (χ0n) is 12.1. The molecule has 0 aromatic rings. The highest BCUT2D eigenvalue weighted by atomic mass is 32.2. The van der Waals surface area contributed by atoms with Gasteiger partial charge in [0.15, 0.2) is 0 Å². The minimum Gasteiger partial charge on any atom is -0.356 e. The van der Waals surface area contributed by atoms with E-state index in [9.17, 15) is 9.59 Å². The van der Waals surface area contributed by atoms with Gasteiger partial charge in [0.25, 0.3) is 0 Å². The van der Waals surface area contributed by atoms with Gasteiger partial charge in [-0.05, 0) is 13.0 Å². The maximum Gasteiger partial charge on any atom is 0.315 e. The van der Waals surface area contributed by atoms with Crippen LogP contribution in [0.1, 0.15) is 26.7 Å². The van der Waals surface area contributed by atoms with Crippen molar-refractivity contribution in [1.29, 1.82) is 0 Å². The molecule has 7 heteroatoms. The first-order valence-electron chi connectivity index (χ1n) is 7.25. The molecule has 0 radical (unpaired) electrons. The van der Waals surface area contributed by atoms with Crippen molar-refractivity contribution in [3.05, 3.63) is 0 Å². The van der Waals surface area contributed by atoms with Crippen LogP contribution >= 0.6 is 11.8 Å². The van der Waals surface area contributed by atoms with E-state index in [1.165, 1.54) is 0 Å². The van der Waals surface area contributed by atoms with Gasteiger partial charge in [-0.25, -0.2) is 4.79 Å². The van der Waals surface area contributed by atoms with Gasteiger partial charge < -0.3 is 21.3 Å². The van der Waals surface area contributed by atoms with Gasteiger partial charge in [0, 0.05) is 30.0 Å². The van der Waals surface area contributed by atoms with Crippen molar-refractivity contribution in [3.63, 3.8) is 0 Å². The normalized spacial score (nSPS) is 28.1. The molecule has 6 nitrogen and oxygen atoms in total. The lowest BCUT2D eigenvalue weighted by molar-refractivity contribution is -0.121. The van der Waals surface area contributed by atoms with Gasteiger partial charge >= 0.3 is 6.03 Å². The van der Waals surface area contributed by atoms with Crippen molar-refractivity contribution in [3.8, 4) is 0 Å². The smallest absolute Gasteiger partial charge is 0.315 e. The first-order chi connectivity index (χ1) is 9.56. The first kappa shape index (κ1) is 15.4. The van der Waals surface area contributed by atoms with Gasteiger partial charge in [-0.15, -0.1) is 0 Å². The Morgan fingerprint density at radius 3 is 2.95 bits per heavy atom. The third-order valence-corrected chi connectivity index (χ3v) is 4.99. The van der Waals surface area contributed by atoms with Gasteiger partial charge in [0.2, 0.25) is 5.91 Å². The molecule has 0 spiro atoms. The van der Waals surface area contributed by atoms with E-state index in [-0.39, 0.29) is 29.3 Å². The fourth-order valence-electron chi connectivity index (χ4n) is 2.53. The summed E-state index contributed by atoms with van der Waals surface area (Å²) in [5.41, 5.74) is 0. The standard InChI is InChI=1S/C13H24N4O2S/c1-8(2)14-4-3-5-15-11(18)6-10-12-9(7-20-10)16-13(19)17-12/h8-10,12,14H,3-7H2,1-2H3,(H,15,18)(H2,16,17,19). The Morgan fingerprint density at radius 2 is 2.20 bits per heavy atom. The molecule has 2 fully saturated rings. The Labute approximate surface area is 124 Å². The van der Waals surface area contributed by atoms with Crippen molar-refractivity contribution in [2.24, 2.45) is 0 Å². The van der Waals surface area contributed by atoms with Gasteiger partial charge in [-0.3, -0.25) is 4.79 Å². The number of carbonyl (C=O) groups is 2. The highest BCUT2D eigenvalue weighted by molar-refractivity contribution is 8.00. The van der Waals surface area contributed by atoms with Crippen LogP contribution in [0.5, 0.6) is 0 Å². The molecule has 2 aliphatic heterocycles. The largest absolute Gasteiger partial charge is 0.356 e. The topological polar surface area (TPSA) is 82.3 Å². The summed E-state index contributed by atoms with van der Waals surface area (Å²) in [6.45, 7) is 5.84. The Bertz CT molecular complexity index is 364. The second kappa shape index (κ2) is 7.17. The molecule has 0 saturated carbocycles. The molecule has 0 aromatic heterocycles. The monoisotopic (exact) mass is 300 g/mol. The molecule has 114 valence electrons. The maximum atomic E-state index is 11.9. The Morgan fingerprint density at radius 1 is 1.40 bits per heavy atom. The lowest BCUT2D eigenvalue weighted by Crippen LogP contribution is -2.40. The second-order valence-electron chi connectivity index (χ2n) is 5.64. The van der Waals surface area contributed by atoms with E-state index in [0.29, 0.717) is 19.0 Å². The van der Waals surface area contributed by atoms with Crippen LogP contribution in [0.25, 0.3) is 0 Å². The van der Waals surface area contributed by atoms with Crippen LogP contribution < -0.4 is 21.3 Å². The lowest BCUT2D eigenvalue weighted by atomic mass is 10.1. The molecule has 3 atom stereocenters. The Balaban J connectivity index is 1.61. The number of hydrogen-bond acceptors (Lipinski definition) is 4. The van der Waals surface area contributed by atoms with Crippen molar-refractivity contribution in [1.82, 2.24) is 21.3 Å². The second-order valence-corrected chi connectivity index (χ2v) is 6.91. The van der Waals surface area contributed by atoms with E-state index >= 15 is 0 Å². The molecular formula is C13H24N4O2S. The molecule has 0 bridgehead atoms. The Kier molecular flexibility index (Phi) is 5.54. The average molecular weight is 300 g/mol. The summed E-state index contributed by atoms with van der Waals surface area (Å²) >= 11 is 1.76. The van der Waals surface area contributed by atoms with E-state index in [1.54, 1.807) is 11.8 Å². The highest BCUT2D eigenvalue weighted by Crippen LogP contribution is 2.31. The molecule has 2 heterocycles. The number of nitrogens with one attached hydrogen (secondary N) is 4. The Hall–Kier alpha value is -0.950. The van der Waals surface area contributed by atoms with E-state index in [1.807, 2.05) is 0 Å². The minimum atomic E-state index is -0.106. The van der Waals surface area contributed by atoms with Gasteiger partial charge in [-0.1, -0.05) is 13.8 Å². The molecule has 2 saturated heterocycles. The van der Waals surface area contributed by atoms with Crippen molar-refractivity contribution >= 4 is 23.7 Å². The average Bonchev–Trinajstić information content (AvgIpc) is 2.89. The molecular weight excluding hydrogens is 276 g/mol. The van der Waals surface area contributed by atoms with E-state index in [4.69, 9.17) is 0 Å². The molecule has 2 rings (SSSR count). The van der Waals surface area contributed by atoms with Crippen molar-refractivity contribution in [2.45, 2.75) is 50.1 Å². The fraction of sp³-hybridized carbons (Fsp3) is 0.846.